The molecule has 0 saturated heterocycles. The number of rotatable bonds is 7. The molecule has 112 valence electrons. The molecule has 0 aliphatic heterocycles. The van der Waals surface area contributed by atoms with E-state index in [1.54, 1.807) is 24.3 Å². The van der Waals surface area contributed by atoms with Crippen LogP contribution in [0.25, 0.3) is 0 Å². The molecular formula is C16H24ClNO2. The Labute approximate surface area is 126 Å². The highest BCUT2D eigenvalue weighted by Gasteiger charge is 2.16. The molecule has 0 radical (unpaired) electrons. The van der Waals surface area contributed by atoms with Gasteiger partial charge in [-0.2, -0.15) is 0 Å². The maximum absolute atomic E-state index is 12.2. The zero-order chi connectivity index (χ0) is 15.1. The van der Waals surface area contributed by atoms with E-state index in [9.17, 15) is 4.79 Å². The topological polar surface area (TPSA) is 29.5 Å². The second kappa shape index (κ2) is 8.15. The van der Waals surface area contributed by atoms with E-state index in [1.165, 1.54) is 0 Å². The summed E-state index contributed by atoms with van der Waals surface area (Å²) in [5.74, 6) is 1.60. The molecule has 3 nitrogen and oxygen atoms in total. The van der Waals surface area contributed by atoms with E-state index >= 15 is 0 Å². The standard InChI is InChI=1S/C16H24ClNO2/c1-12(2)9-18(10-13(3)4)16(19)11-20-15-7-5-14(17)6-8-15/h5-8,12-13H,9-11H2,1-4H3. The van der Waals surface area contributed by atoms with Crippen LogP contribution in [-0.4, -0.2) is 30.5 Å². The van der Waals surface area contributed by atoms with Crippen LogP contribution in [0.1, 0.15) is 27.7 Å². The molecule has 0 unspecified atom stereocenters. The molecule has 0 bridgehead atoms. The van der Waals surface area contributed by atoms with Gasteiger partial charge >= 0.3 is 0 Å². The summed E-state index contributed by atoms with van der Waals surface area (Å²) in [6.07, 6.45) is 0. The van der Waals surface area contributed by atoms with Gasteiger partial charge < -0.3 is 9.64 Å². The van der Waals surface area contributed by atoms with Crippen molar-refractivity contribution in [2.24, 2.45) is 11.8 Å². The number of ether oxygens (including phenoxy) is 1. The molecule has 1 amide bonds. The predicted octanol–water partition coefficient (Wildman–Crippen LogP) is 3.86. The van der Waals surface area contributed by atoms with Crippen LogP contribution in [0.3, 0.4) is 0 Å². The quantitative estimate of drug-likeness (QED) is 0.765. The number of benzene rings is 1. The van der Waals surface area contributed by atoms with E-state index in [4.69, 9.17) is 16.3 Å². The lowest BCUT2D eigenvalue weighted by molar-refractivity contribution is -0.134. The van der Waals surface area contributed by atoms with Crippen LogP contribution >= 0.6 is 11.6 Å². The lowest BCUT2D eigenvalue weighted by Gasteiger charge is -2.26. The van der Waals surface area contributed by atoms with Gasteiger partial charge in [-0.15, -0.1) is 0 Å². The SMILES string of the molecule is CC(C)CN(CC(C)C)C(=O)COc1ccc(Cl)cc1. The summed E-state index contributed by atoms with van der Waals surface area (Å²) >= 11 is 5.81. The summed E-state index contributed by atoms with van der Waals surface area (Å²) in [4.78, 5) is 14.1. The van der Waals surface area contributed by atoms with Crippen LogP contribution < -0.4 is 4.74 Å². The third-order valence-electron chi connectivity index (χ3n) is 2.70. The highest BCUT2D eigenvalue weighted by Crippen LogP contribution is 2.15. The van der Waals surface area contributed by atoms with E-state index in [0.717, 1.165) is 13.1 Å². The first-order valence-electron chi connectivity index (χ1n) is 7.04. The molecule has 1 aromatic rings. The second-order valence-electron chi connectivity index (χ2n) is 5.83. The van der Waals surface area contributed by atoms with Crippen LogP contribution in [0, 0.1) is 11.8 Å². The Morgan fingerprint density at radius 1 is 1.10 bits per heavy atom. The van der Waals surface area contributed by atoms with E-state index in [2.05, 4.69) is 27.7 Å². The van der Waals surface area contributed by atoms with E-state index < -0.39 is 0 Å². The van der Waals surface area contributed by atoms with Gasteiger partial charge in [0.05, 0.1) is 0 Å². The molecular weight excluding hydrogens is 274 g/mol. The van der Waals surface area contributed by atoms with Crippen molar-refractivity contribution in [2.45, 2.75) is 27.7 Å². The van der Waals surface area contributed by atoms with Gasteiger partial charge in [0.25, 0.3) is 5.91 Å². The Morgan fingerprint density at radius 2 is 1.60 bits per heavy atom. The first kappa shape index (κ1) is 16.8. The van der Waals surface area contributed by atoms with Crippen LogP contribution in [0.4, 0.5) is 0 Å². The van der Waals surface area contributed by atoms with Gasteiger partial charge in [-0.05, 0) is 36.1 Å². The second-order valence-corrected chi connectivity index (χ2v) is 6.27. The van der Waals surface area contributed by atoms with Crippen LogP contribution in [0.5, 0.6) is 5.75 Å². The Morgan fingerprint density at radius 3 is 2.05 bits per heavy atom. The average Bonchev–Trinajstić information content (AvgIpc) is 2.36. The Balaban J connectivity index is 2.54. The van der Waals surface area contributed by atoms with Gasteiger partial charge in [0.1, 0.15) is 5.75 Å². The van der Waals surface area contributed by atoms with E-state index in [0.29, 0.717) is 22.6 Å². The molecule has 0 aliphatic rings. The van der Waals surface area contributed by atoms with Gasteiger partial charge in [-0.1, -0.05) is 39.3 Å². The number of hydrogen-bond donors (Lipinski definition) is 0. The molecule has 0 aromatic heterocycles. The summed E-state index contributed by atoms with van der Waals surface area (Å²) in [7, 11) is 0. The summed E-state index contributed by atoms with van der Waals surface area (Å²) in [6.45, 7) is 10.0. The maximum Gasteiger partial charge on any atom is 0.260 e. The Bertz CT molecular complexity index is 405. The monoisotopic (exact) mass is 297 g/mol. The third-order valence-corrected chi connectivity index (χ3v) is 2.95. The fourth-order valence-corrected chi connectivity index (χ4v) is 2.05. The largest absolute Gasteiger partial charge is 0.484 e. The van der Waals surface area contributed by atoms with Crippen LogP contribution in [0.15, 0.2) is 24.3 Å². The summed E-state index contributed by atoms with van der Waals surface area (Å²) in [5, 5.41) is 0.657. The van der Waals surface area contributed by atoms with Crippen molar-refractivity contribution in [3.63, 3.8) is 0 Å². The lowest BCUT2D eigenvalue weighted by Crippen LogP contribution is -2.39. The number of amides is 1. The van der Waals surface area contributed by atoms with Gasteiger partial charge in [0.15, 0.2) is 6.61 Å². The molecule has 1 aromatic carbocycles. The predicted molar refractivity (Wildman–Crippen MR) is 83.2 cm³/mol. The molecule has 4 heteroatoms. The van der Waals surface area contributed by atoms with Crippen molar-refractivity contribution in [2.75, 3.05) is 19.7 Å². The number of nitrogens with zero attached hydrogens (tertiary/aromatic N) is 1. The highest BCUT2D eigenvalue weighted by atomic mass is 35.5. The van der Waals surface area contributed by atoms with Crippen LogP contribution in [-0.2, 0) is 4.79 Å². The van der Waals surface area contributed by atoms with Crippen molar-refractivity contribution in [1.82, 2.24) is 4.90 Å². The zero-order valence-electron chi connectivity index (χ0n) is 12.7. The first-order chi connectivity index (χ1) is 9.38. The maximum atomic E-state index is 12.2. The summed E-state index contributed by atoms with van der Waals surface area (Å²) in [6, 6.07) is 7.04. The van der Waals surface area contributed by atoms with Crippen molar-refractivity contribution in [3.8, 4) is 5.75 Å². The fourth-order valence-electron chi connectivity index (χ4n) is 1.93. The normalized spacial score (nSPS) is 10.9. The summed E-state index contributed by atoms with van der Waals surface area (Å²) < 4.78 is 5.52. The van der Waals surface area contributed by atoms with Gasteiger partial charge in [0.2, 0.25) is 0 Å². The Kier molecular flexibility index (Phi) is 6.86. The minimum absolute atomic E-state index is 0.0300. The first-order valence-corrected chi connectivity index (χ1v) is 7.42. The van der Waals surface area contributed by atoms with E-state index in [-0.39, 0.29) is 12.5 Å². The molecule has 0 atom stereocenters. The highest BCUT2D eigenvalue weighted by molar-refractivity contribution is 6.30. The van der Waals surface area contributed by atoms with Crippen molar-refractivity contribution in [1.29, 1.82) is 0 Å². The Hall–Kier alpha value is -1.22. The fraction of sp³-hybridized carbons (Fsp3) is 0.562. The van der Waals surface area contributed by atoms with Crippen molar-refractivity contribution >= 4 is 17.5 Å². The molecule has 0 heterocycles. The van der Waals surface area contributed by atoms with Gasteiger partial charge in [-0.25, -0.2) is 0 Å². The lowest BCUT2D eigenvalue weighted by atomic mass is 10.1. The van der Waals surface area contributed by atoms with Crippen molar-refractivity contribution < 1.29 is 9.53 Å². The molecule has 20 heavy (non-hydrogen) atoms. The molecule has 0 fully saturated rings. The molecule has 0 spiro atoms. The minimum atomic E-state index is 0.0300. The molecule has 0 saturated carbocycles. The van der Waals surface area contributed by atoms with Crippen LogP contribution in [0.2, 0.25) is 5.02 Å². The number of halogens is 1. The minimum Gasteiger partial charge on any atom is -0.484 e. The zero-order valence-corrected chi connectivity index (χ0v) is 13.5. The van der Waals surface area contributed by atoms with Crippen molar-refractivity contribution in [3.05, 3.63) is 29.3 Å². The van der Waals surface area contributed by atoms with E-state index in [1.807, 2.05) is 4.90 Å². The molecule has 0 N–H and O–H groups in total. The number of hydrogen-bond acceptors (Lipinski definition) is 2. The molecule has 0 aliphatic carbocycles. The average molecular weight is 298 g/mol. The smallest absolute Gasteiger partial charge is 0.260 e. The number of carbonyl (C=O) groups excluding carboxylic acids is 1. The van der Waals surface area contributed by atoms with Gasteiger partial charge in [-0.3, -0.25) is 4.79 Å². The third kappa shape index (κ3) is 6.29. The van der Waals surface area contributed by atoms with Gasteiger partial charge in [0, 0.05) is 18.1 Å². The summed E-state index contributed by atoms with van der Waals surface area (Å²) in [5.41, 5.74) is 0. The number of carbonyl (C=O) groups is 1. The molecule has 1 rings (SSSR count).